The predicted octanol–water partition coefficient (Wildman–Crippen LogP) is 3.64. The van der Waals surface area contributed by atoms with Crippen LogP contribution in [0.5, 0.6) is 0 Å². The largest absolute Gasteiger partial charge is 0.370 e. The predicted molar refractivity (Wildman–Crippen MR) is 99.6 cm³/mol. The van der Waals surface area contributed by atoms with E-state index in [0.717, 1.165) is 12.0 Å². The van der Waals surface area contributed by atoms with Crippen LogP contribution in [-0.4, -0.2) is 27.6 Å². The Hall–Kier alpha value is -2.93. The van der Waals surface area contributed by atoms with Crippen LogP contribution in [0.4, 0.5) is 11.6 Å². The Kier molecular flexibility index (Phi) is 5.48. The lowest BCUT2D eigenvalue weighted by atomic mass is 10.1. The number of hydrogen-bond donors (Lipinski definition) is 2. The van der Waals surface area contributed by atoms with Crippen molar-refractivity contribution < 1.29 is 9.32 Å². The van der Waals surface area contributed by atoms with Crippen LogP contribution in [0.3, 0.4) is 0 Å². The van der Waals surface area contributed by atoms with E-state index in [9.17, 15) is 4.79 Å². The van der Waals surface area contributed by atoms with Crippen molar-refractivity contribution in [1.82, 2.24) is 15.1 Å². The highest BCUT2D eigenvalue weighted by Crippen LogP contribution is 2.13. The van der Waals surface area contributed by atoms with Crippen LogP contribution in [0.25, 0.3) is 0 Å². The van der Waals surface area contributed by atoms with Gasteiger partial charge < -0.3 is 15.2 Å². The number of halogens is 1. The van der Waals surface area contributed by atoms with E-state index in [1.165, 1.54) is 0 Å². The second kappa shape index (κ2) is 7.97. The third-order valence-corrected chi connectivity index (χ3v) is 3.83. The van der Waals surface area contributed by atoms with E-state index in [1.807, 2.05) is 24.3 Å². The molecule has 26 heavy (non-hydrogen) atoms. The van der Waals surface area contributed by atoms with Crippen molar-refractivity contribution in [3.8, 4) is 0 Å². The number of benzene rings is 1. The molecule has 0 unspecified atom stereocenters. The standard InChI is InChI=1S/C18H18ClN5O2/c1-11-9-17(24-26-11)23-18(25)15-10-16(22-12(2)21-15)20-8-7-13-3-5-14(19)6-4-13/h3-6,9-10H,7-8H2,1-2H3,(H,20,21,22)(H,23,24,25). The van der Waals surface area contributed by atoms with Crippen LogP contribution in [-0.2, 0) is 6.42 Å². The SMILES string of the molecule is Cc1nc(NCCc2ccc(Cl)cc2)cc(C(=O)Nc2cc(C)on2)n1. The van der Waals surface area contributed by atoms with E-state index in [-0.39, 0.29) is 11.6 Å². The monoisotopic (exact) mass is 371 g/mol. The van der Waals surface area contributed by atoms with Crippen molar-refractivity contribution in [2.75, 3.05) is 17.2 Å². The second-order valence-corrected chi connectivity index (χ2v) is 6.20. The molecular weight excluding hydrogens is 354 g/mol. The summed E-state index contributed by atoms with van der Waals surface area (Å²) in [5.41, 5.74) is 1.42. The van der Waals surface area contributed by atoms with E-state index in [4.69, 9.17) is 16.1 Å². The van der Waals surface area contributed by atoms with Gasteiger partial charge in [-0.2, -0.15) is 0 Å². The summed E-state index contributed by atoms with van der Waals surface area (Å²) in [4.78, 5) is 20.8. The number of carbonyl (C=O) groups is 1. The van der Waals surface area contributed by atoms with Crippen molar-refractivity contribution in [1.29, 1.82) is 0 Å². The number of carbonyl (C=O) groups excluding carboxylic acids is 1. The van der Waals surface area contributed by atoms with Crippen LogP contribution >= 0.6 is 11.6 Å². The van der Waals surface area contributed by atoms with Crippen molar-refractivity contribution in [2.45, 2.75) is 20.3 Å². The van der Waals surface area contributed by atoms with Crippen molar-refractivity contribution >= 4 is 29.1 Å². The van der Waals surface area contributed by atoms with Crippen LogP contribution in [0.1, 0.15) is 27.6 Å². The topological polar surface area (TPSA) is 92.9 Å². The van der Waals surface area contributed by atoms with E-state index in [1.54, 1.807) is 26.0 Å². The third-order valence-electron chi connectivity index (χ3n) is 3.57. The molecule has 0 saturated carbocycles. The molecule has 0 atom stereocenters. The van der Waals surface area contributed by atoms with E-state index in [2.05, 4.69) is 25.8 Å². The maximum absolute atomic E-state index is 12.3. The van der Waals surface area contributed by atoms with Gasteiger partial charge in [0.2, 0.25) is 0 Å². The molecule has 7 nitrogen and oxygen atoms in total. The zero-order chi connectivity index (χ0) is 18.5. The molecule has 0 aliphatic heterocycles. The molecule has 0 saturated heterocycles. The van der Waals surface area contributed by atoms with Crippen LogP contribution in [0, 0.1) is 13.8 Å². The van der Waals surface area contributed by atoms with Gasteiger partial charge in [0.25, 0.3) is 5.91 Å². The fourth-order valence-corrected chi connectivity index (χ4v) is 2.49. The molecule has 0 bridgehead atoms. The fraction of sp³-hybridized carbons (Fsp3) is 0.222. The highest BCUT2D eigenvalue weighted by molar-refractivity contribution is 6.30. The van der Waals surface area contributed by atoms with E-state index >= 15 is 0 Å². The summed E-state index contributed by atoms with van der Waals surface area (Å²) in [5.74, 6) is 1.69. The van der Waals surface area contributed by atoms with Crippen LogP contribution in [0.15, 0.2) is 40.9 Å². The molecule has 1 aromatic carbocycles. The maximum Gasteiger partial charge on any atom is 0.275 e. The molecule has 3 aromatic rings. The summed E-state index contributed by atoms with van der Waals surface area (Å²) >= 11 is 5.88. The maximum atomic E-state index is 12.3. The Bertz CT molecular complexity index is 908. The second-order valence-electron chi connectivity index (χ2n) is 5.77. The molecule has 0 spiro atoms. The summed E-state index contributed by atoms with van der Waals surface area (Å²) in [5, 5.41) is 10.3. The Morgan fingerprint density at radius 1 is 1.12 bits per heavy atom. The Morgan fingerprint density at radius 2 is 1.88 bits per heavy atom. The molecule has 2 aromatic heterocycles. The highest BCUT2D eigenvalue weighted by atomic mass is 35.5. The zero-order valence-electron chi connectivity index (χ0n) is 14.4. The van der Waals surface area contributed by atoms with Gasteiger partial charge in [-0.3, -0.25) is 4.79 Å². The minimum atomic E-state index is -0.371. The summed E-state index contributed by atoms with van der Waals surface area (Å²) in [6.45, 7) is 4.16. The lowest BCUT2D eigenvalue weighted by Crippen LogP contribution is -2.16. The van der Waals surface area contributed by atoms with Crippen molar-refractivity contribution in [3.05, 3.63) is 64.3 Å². The van der Waals surface area contributed by atoms with Gasteiger partial charge in [-0.05, 0) is 38.0 Å². The summed E-state index contributed by atoms with van der Waals surface area (Å²) in [6.07, 6.45) is 0.806. The molecule has 1 amide bonds. The van der Waals surface area contributed by atoms with E-state index in [0.29, 0.717) is 34.8 Å². The molecule has 8 heteroatoms. The Labute approximate surface area is 155 Å². The summed E-state index contributed by atoms with van der Waals surface area (Å²) < 4.78 is 4.93. The number of amides is 1. The molecule has 0 aliphatic rings. The Balaban J connectivity index is 1.63. The molecule has 0 radical (unpaired) electrons. The minimum absolute atomic E-state index is 0.257. The third kappa shape index (κ3) is 4.80. The molecule has 2 heterocycles. The van der Waals surface area contributed by atoms with Gasteiger partial charge in [-0.15, -0.1) is 0 Å². The minimum Gasteiger partial charge on any atom is -0.370 e. The zero-order valence-corrected chi connectivity index (χ0v) is 15.2. The number of nitrogens with zero attached hydrogens (tertiary/aromatic N) is 3. The molecule has 3 rings (SSSR count). The van der Waals surface area contributed by atoms with Gasteiger partial charge in [-0.25, -0.2) is 9.97 Å². The summed E-state index contributed by atoms with van der Waals surface area (Å²) in [6, 6.07) is 10.9. The van der Waals surface area contributed by atoms with Gasteiger partial charge in [0.05, 0.1) is 0 Å². The van der Waals surface area contributed by atoms with Gasteiger partial charge in [0.15, 0.2) is 5.82 Å². The first kappa shape index (κ1) is 17.9. The number of anilines is 2. The van der Waals surface area contributed by atoms with Crippen molar-refractivity contribution in [3.63, 3.8) is 0 Å². The summed E-state index contributed by atoms with van der Waals surface area (Å²) in [7, 11) is 0. The average molecular weight is 372 g/mol. The van der Waals surface area contributed by atoms with Crippen LogP contribution in [0.2, 0.25) is 5.02 Å². The smallest absolute Gasteiger partial charge is 0.275 e. The number of nitrogens with one attached hydrogen (secondary N) is 2. The molecular formula is C18H18ClN5O2. The van der Waals surface area contributed by atoms with Gasteiger partial charge in [-0.1, -0.05) is 28.9 Å². The van der Waals surface area contributed by atoms with Crippen LogP contribution < -0.4 is 10.6 Å². The number of aromatic nitrogens is 3. The number of aryl methyl sites for hydroxylation is 2. The normalized spacial score (nSPS) is 10.6. The lowest BCUT2D eigenvalue weighted by Gasteiger charge is -2.08. The quantitative estimate of drug-likeness (QED) is 0.687. The molecule has 0 fully saturated rings. The van der Waals surface area contributed by atoms with E-state index < -0.39 is 0 Å². The van der Waals surface area contributed by atoms with Gasteiger partial charge in [0, 0.05) is 23.7 Å². The first-order valence-electron chi connectivity index (χ1n) is 8.08. The van der Waals surface area contributed by atoms with Gasteiger partial charge in [0.1, 0.15) is 23.1 Å². The first-order valence-corrected chi connectivity index (χ1v) is 8.46. The molecule has 2 N–H and O–H groups in total. The van der Waals surface area contributed by atoms with Gasteiger partial charge >= 0.3 is 0 Å². The Morgan fingerprint density at radius 3 is 2.58 bits per heavy atom. The number of hydrogen-bond acceptors (Lipinski definition) is 6. The molecule has 134 valence electrons. The number of rotatable bonds is 6. The highest BCUT2D eigenvalue weighted by Gasteiger charge is 2.12. The van der Waals surface area contributed by atoms with Crippen molar-refractivity contribution in [2.24, 2.45) is 0 Å². The first-order chi connectivity index (χ1) is 12.5. The fourth-order valence-electron chi connectivity index (χ4n) is 2.37. The lowest BCUT2D eigenvalue weighted by molar-refractivity contribution is 0.102. The average Bonchev–Trinajstić information content (AvgIpc) is 3.01. The molecule has 0 aliphatic carbocycles.